The van der Waals surface area contributed by atoms with E-state index in [1.54, 1.807) is 18.2 Å². The molecule has 2 heterocycles. The third-order valence-electron chi connectivity index (χ3n) is 5.95. The van der Waals surface area contributed by atoms with Crippen LogP contribution in [0.3, 0.4) is 0 Å². The van der Waals surface area contributed by atoms with Gasteiger partial charge in [0, 0.05) is 45.7 Å². The minimum atomic E-state index is -3.52. The van der Waals surface area contributed by atoms with Crippen LogP contribution in [-0.2, 0) is 34.2 Å². The zero-order valence-electron chi connectivity index (χ0n) is 18.4. The number of nitrogens with zero attached hydrogens (tertiary/aromatic N) is 4. The van der Waals surface area contributed by atoms with Crippen LogP contribution in [0.15, 0.2) is 41.3 Å². The van der Waals surface area contributed by atoms with E-state index in [1.165, 1.54) is 24.0 Å². The molecule has 0 atom stereocenters. The second-order valence-corrected chi connectivity index (χ2v) is 10.2. The standard InChI is InChI=1S/C23H28N4O3S/c1-5-26-20-10-9-18(31(29,30)25(3)4)15-19(20)24-21(26)11-12-22(28)27-14-13-17-8-6-7-16(2)23(17)27/h6-10,15H,5,11-14H2,1-4H3. The van der Waals surface area contributed by atoms with Gasteiger partial charge in [0.25, 0.3) is 0 Å². The van der Waals surface area contributed by atoms with Crippen molar-refractivity contribution < 1.29 is 13.2 Å². The number of carbonyl (C=O) groups is 1. The minimum Gasteiger partial charge on any atom is -0.328 e. The van der Waals surface area contributed by atoms with Gasteiger partial charge in [0.1, 0.15) is 5.82 Å². The van der Waals surface area contributed by atoms with Crippen molar-refractivity contribution in [3.05, 3.63) is 53.3 Å². The predicted molar refractivity (Wildman–Crippen MR) is 122 cm³/mol. The van der Waals surface area contributed by atoms with Crippen LogP contribution in [0, 0.1) is 6.92 Å². The first-order chi connectivity index (χ1) is 14.7. The smallest absolute Gasteiger partial charge is 0.242 e. The molecule has 0 N–H and O–H groups in total. The number of amides is 1. The highest BCUT2D eigenvalue weighted by Crippen LogP contribution is 2.32. The second kappa shape index (κ2) is 8.09. The summed E-state index contributed by atoms with van der Waals surface area (Å²) in [6.07, 6.45) is 1.76. The third-order valence-corrected chi connectivity index (χ3v) is 7.76. The lowest BCUT2D eigenvalue weighted by Gasteiger charge is -2.19. The van der Waals surface area contributed by atoms with Crippen molar-refractivity contribution in [2.24, 2.45) is 0 Å². The number of fused-ring (bicyclic) bond motifs is 2. The van der Waals surface area contributed by atoms with E-state index in [2.05, 4.69) is 15.6 Å². The zero-order chi connectivity index (χ0) is 22.3. The maximum absolute atomic E-state index is 13.0. The van der Waals surface area contributed by atoms with Crippen LogP contribution in [0.2, 0.25) is 0 Å². The number of aryl methyl sites for hydroxylation is 3. The number of rotatable bonds is 6. The lowest BCUT2D eigenvalue weighted by atomic mass is 10.1. The molecule has 1 aromatic heterocycles. The fourth-order valence-electron chi connectivity index (χ4n) is 4.33. The van der Waals surface area contributed by atoms with Crippen molar-refractivity contribution in [1.82, 2.24) is 13.9 Å². The Labute approximate surface area is 183 Å². The Balaban J connectivity index is 1.59. The van der Waals surface area contributed by atoms with Crippen LogP contribution in [0.25, 0.3) is 11.0 Å². The van der Waals surface area contributed by atoms with Crippen LogP contribution in [0.5, 0.6) is 0 Å². The Morgan fingerprint density at radius 3 is 2.68 bits per heavy atom. The highest BCUT2D eigenvalue weighted by atomic mass is 32.2. The molecule has 0 saturated carbocycles. The number of sulfonamides is 1. The minimum absolute atomic E-state index is 0.0960. The number of para-hydroxylation sites is 1. The zero-order valence-corrected chi connectivity index (χ0v) is 19.2. The number of benzene rings is 2. The highest BCUT2D eigenvalue weighted by Gasteiger charge is 2.26. The van der Waals surface area contributed by atoms with Gasteiger partial charge in [0.05, 0.1) is 15.9 Å². The number of hydrogen-bond acceptors (Lipinski definition) is 4. The molecule has 2 aromatic carbocycles. The molecule has 1 aliphatic rings. The molecule has 3 aromatic rings. The summed E-state index contributed by atoms with van der Waals surface area (Å²) < 4.78 is 28.2. The molecule has 8 heteroatoms. The quantitative estimate of drug-likeness (QED) is 0.590. The summed E-state index contributed by atoms with van der Waals surface area (Å²) in [7, 11) is -0.498. The molecule has 0 spiro atoms. The van der Waals surface area contributed by atoms with Crippen LogP contribution in [0.4, 0.5) is 5.69 Å². The fourth-order valence-corrected chi connectivity index (χ4v) is 5.25. The summed E-state index contributed by atoms with van der Waals surface area (Å²) in [5.41, 5.74) is 4.91. The van der Waals surface area contributed by atoms with Crippen LogP contribution >= 0.6 is 0 Å². The lowest BCUT2D eigenvalue weighted by molar-refractivity contribution is -0.118. The summed E-state index contributed by atoms with van der Waals surface area (Å²) >= 11 is 0. The number of aromatic nitrogens is 2. The average Bonchev–Trinajstić information content (AvgIpc) is 3.33. The van der Waals surface area contributed by atoms with E-state index in [1.807, 2.05) is 30.9 Å². The van der Waals surface area contributed by atoms with E-state index >= 15 is 0 Å². The van der Waals surface area contributed by atoms with Gasteiger partial charge in [0.15, 0.2) is 0 Å². The molecule has 0 unspecified atom stereocenters. The van der Waals surface area contributed by atoms with Gasteiger partial charge in [-0.1, -0.05) is 18.2 Å². The molecule has 0 saturated heterocycles. The first-order valence-electron chi connectivity index (χ1n) is 10.5. The van der Waals surface area contributed by atoms with Crippen molar-refractivity contribution in [3.63, 3.8) is 0 Å². The van der Waals surface area contributed by atoms with Crippen LogP contribution < -0.4 is 4.90 Å². The fraction of sp³-hybridized carbons (Fsp3) is 0.391. The van der Waals surface area contributed by atoms with E-state index in [4.69, 9.17) is 0 Å². The van der Waals surface area contributed by atoms with Crippen molar-refractivity contribution in [3.8, 4) is 0 Å². The van der Waals surface area contributed by atoms with E-state index in [0.717, 1.165) is 35.6 Å². The number of imidazole rings is 1. The van der Waals surface area contributed by atoms with Crippen LogP contribution in [0.1, 0.15) is 30.3 Å². The predicted octanol–water partition coefficient (Wildman–Crippen LogP) is 3.14. The molecular formula is C23H28N4O3S. The normalized spacial score (nSPS) is 13.9. The molecule has 0 aliphatic carbocycles. The molecule has 0 fully saturated rings. The van der Waals surface area contributed by atoms with Gasteiger partial charge in [-0.3, -0.25) is 4.79 Å². The Morgan fingerprint density at radius 1 is 1.19 bits per heavy atom. The highest BCUT2D eigenvalue weighted by molar-refractivity contribution is 7.89. The molecule has 164 valence electrons. The Hall–Kier alpha value is -2.71. The van der Waals surface area contributed by atoms with E-state index in [0.29, 0.717) is 24.9 Å². The molecule has 31 heavy (non-hydrogen) atoms. The van der Waals surface area contributed by atoms with Gasteiger partial charge in [-0.15, -0.1) is 0 Å². The number of hydrogen-bond donors (Lipinski definition) is 0. The maximum atomic E-state index is 13.0. The van der Waals surface area contributed by atoms with E-state index in [-0.39, 0.29) is 10.8 Å². The Morgan fingerprint density at radius 2 is 1.97 bits per heavy atom. The Bertz CT molecular complexity index is 1260. The van der Waals surface area contributed by atoms with E-state index in [9.17, 15) is 13.2 Å². The summed E-state index contributed by atoms with van der Waals surface area (Å²) in [6.45, 7) is 5.48. The molecular weight excluding hydrogens is 412 g/mol. The molecule has 7 nitrogen and oxygen atoms in total. The lowest BCUT2D eigenvalue weighted by Crippen LogP contribution is -2.29. The van der Waals surface area contributed by atoms with Crippen molar-refractivity contribution >= 4 is 32.7 Å². The average molecular weight is 441 g/mol. The third kappa shape index (κ3) is 3.74. The van der Waals surface area contributed by atoms with Crippen molar-refractivity contribution in [2.45, 2.75) is 44.6 Å². The van der Waals surface area contributed by atoms with Gasteiger partial charge >= 0.3 is 0 Å². The Kier molecular flexibility index (Phi) is 5.61. The van der Waals surface area contributed by atoms with Crippen LogP contribution in [-0.4, -0.2) is 48.8 Å². The van der Waals surface area contributed by atoms with Gasteiger partial charge < -0.3 is 9.47 Å². The maximum Gasteiger partial charge on any atom is 0.242 e. The summed E-state index contributed by atoms with van der Waals surface area (Å²) in [4.78, 5) is 19.8. The SMILES string of the molecule is CCn1c(CCC(=O)N2CCc3cccc(C)c32)nc2cc(S(=O)(=O)N(C)C)ccc21. The van der Waals surface area contributed by atoms with Gasteiger partial charge in [-0.25, -0.2) is 17.7 Å². The van der Waals surface area contributed by atoms with Gasteiger partial charge in [0.2, 0.25) is 15.9 Å². The van der Waals surface area contributed by atoms with E-state index < -0.39 is 10.0 Å². The summed E-state index contributed by atoms with van der Waals surface area (Å²) in [5, 5.41) is 0. The molecule has 1 amide bonds. The number of anilines is 1. The molecule has 0 bridgehead atoms. The second-order valence-electron chi connectivity index (χ2n) is 8.09. The number of carbonyl (C=O) groups excluding carboxylic acids is 1. The summed E-state index contributed by atoms with van der Waals surface area (Å²) in [5.74, 6) is 0.896. The van der Waals surface area contributed by atoms with Gasteiger partial charge in [-0.2, -0.15) is 0 Å². The first-order valence-corrected chi connectivity index (χ1v) is 12.0. The monoisotopic (exact) mass is 440 g/mol. The topological polar surface area (TPSA) is 75.5 Å². The van der Waals surface area contributed by atoms with Crippen molar-refractivity contribution in [1.29, 1.82) is 0 Å². The van der Waals surface area contributed by atoms with Crippen molar-refractivity contribution in [2.75, 3.05) is 25.5 Å². The molecule has 4 rings (SSSR count). The largest absolute Gasteiger partial charge is 0.328 e. The van der Waals surface area contributed by atoms with Gasteiger partial charge in [-0.05, 0) is 49.6 Å². The first kappa shape index (κ1) is 21.5. The molecule has 1 aliphatic heterocycles. The molecule has 0 radical (unpaired) electrons. The summed E-state index contributed by atoms with van der Waals surface area (Å²) in [6, 6.07) is 11.2.